The number of aromatic nitrogens is 1. The van der Waals surface area contributed by atoms with E-state index >= 15 is 0 Å². The first kappa shape index (κ1) is 14.7. The molecule has 2 rings (SSSR count). The number of likely N-dealkylation sites (N-methyl/N-ethyl adjacent to an activating group) is 1. The summed E-state index contributed by atoms with van der Waals surface area (Å²) in [7, 11) is -3.49. The van der Waals surface area contributed by atoms with Crippen LogP contribution in [0.2, 0.25) is 0 Å². The first-order valence-corrected chi connectivity index (χ1v) is 8.70. The maximum atomic E-state index is 12.2. The molecule has 0 bridgehead atoms. The van der Waals surface area contributed by atoms with Gasteiger partial charge in [-0.25, -0.2) is 18.1 Å². The Hall–Kier alpha value is -0.700. The number of likely N-dealkylation sites (tertiary alicyclic amines) is 1. The molecule has 2 heterocycles. The van der Waals surface area contributed by atoms with E-state index in [0.29, 0.717) is 18.3 Å². The predicted octanol–water partition coefficient (Wildman–Crippen LogP) is 0.796. The van der Waals surface area contributed by atoms with Gasteiger partial charge in [-0.3, -0.25) is 4.90 Å². The summed E-state index contributed by atoms with van der Waals surface area (Å²) in [5, 5.41) is 0.286. The van der Waals surface area contributed by atoms with Crippen LogP contribution in [0.3, 0.4) is 0 Å². The molecule has 0 amide bonds. The van der Waals surface area contributed by atoms with Crippen molar-refractivity contribution in [1.82, 2.24) is 14.6 Å². The van der Waals surface area contributed by atoms with E-state index in [0.717, 1.165) is 37.3 Å². The number of rotatable bonds is 5. The van der Waals surface area contributed by atoms with E-state index in [4.69, 9.17) is 5.73 Å². The second kappa shape index (κ2) is 5.74. The molecule has 0 spiro atoms. The Labute approximate surface area is 118 Å². The number of nitrogens with two attached hydrogens (primary N) is 1. The van der Waals surface area contributed by atoms with Crippen molar-refractivity contribution in [3.05, 3.63) is 5.69 Å². The standard InChI is InChI=1S/C11H20N4O2S2/c1-3-15-6-4-5-9(15)7-13-19(16,17)10-8(2)14-11(12)18-10/h9,13H,3-7H2,1-2H3,(H2,12,14). The fraction of sp³-hybridized carbons (Fsp3) is 0.727. The number of hydrogen-bond donors (Lipinski definition) is 2. The first-order valence-electron chi connectivity index (χ1n) is 6.40. The molecule has 1 saturated heterocycles. The van der Waals surface area contributed by atoms with Crippen LogP contribution in [0.5, 0.6) is 0 Å². The number of nitrogens with one attached hydrogen (secondary N) is 1. The van der Waals surface area contributed by atoms with E-state index in [2.05, 4.69) is 21.5 Å². The summed E-state index contributed by atoms with van der Waals surface area (Å²) in [6.45, 7) is 6.22. The van der Waals surface area contributed by atoms with E-state index in [1.807, 2.05) is 0 Å². The minimum Gasteiger partial charge on any atom is -0.375 e. The largest absolute Gasteiger partial charge is 0.375 e. The topological polar surface area (TPSA) is 88.3 Å². The molecule has 3 N–H and O–H groups in total. The van der Waals surface area contributed by atoms with Crippen molar-refractivity contribution in [1.29, 1.82) is 0 Å². The number of hydrogen-bond acceptors (Lipinski definition) is 6. The molecule has 1 fully saturated rings. The summed E-state index contributed by atoms with van der Waals surface area (Å²) in [4.78, 5) is 6.26. The zero-order valence-electron chi connectivity index (χ0n) is 11.2. The van der Waals surface area contributed by atoms with Crippen molar-refractivity contribution >= 4 is 26.5 Å². The summed E-state index contributed by atoms with van der Waals surface area (Å²) in [5.41, 5.74) is 6.01. The zero-order valence-corrected chi connectivity index (χ0v) is 12.9. The van der Waals surface area contributed by atoms with E-state index < -0.39 is 10.0 Å². The lowest BCUT2D eigenvalue weighted by molar-refractivity contribution is 0.268. The van der Waals surface area contributed by atoms with Gasteiger partial charge in [-0.05, 0) is 32.9 Å². The van der Waals surface area contributed by atoms with Crippen molar-refractivity contribution in [2.75, 3.05) is 25.4 Å². The van der Waals surface area contributed by atoms with Crippen molar-refractivity contribution in [3.63, 3.8) is 0 Å². The van der Waals surface area contributed by atoms with E-state index in [1.165, 1.54) is 0 Å². The normalized spacial score (nSPS) is 21.1. The van der Waals surface area contributed by atoms with E-state index in [-0.39, 0.29) is 9.34 Å². The lowest BCUT2D eigenvalue weighted by Crippen LogP contribution is -2.39. The van der Waals surface area contributed by atoms with E-state index in [1.54, 1.807) is 6.92 Å². The van der Waals surface area contributed by atoms with Crippen LogP contribution in [0.4, 0.5) is 5.13 Å². The number of anilines is 1. The molecule has 8 heteroatoms. The highest BCUT2D eigenvalue weighted by atomic mass is 32.2. The van der Waals surface area contributed by atoms with Gasteiger partial charge in [0.15, 0.2) is 9.34 Å². The number of nitrogen functional groups attached to an aromatic ring is 1. The lowest BCUT2D eigenvalue weighted by atomic mass is 10.2. The molecule has 0 saturated carbocycles. The van der Waals surface area contributed by atoms with Crippen molar-refractivity contribution in [3.8, 4) is 0 Å². The first-order chi connectivity index (χ1) is 8.94. The van der Waals surface area contributed by atoms with Gasteiger partial charge in [0.2, 0.25) is 0 Å². The maximum Gasteiger partial charge on any atom is 0.252 e. The maximum absolute atomic E-state index is 12.2. The molecular weight excluding hydrogens is 284 g/mol. The molecule has 0 aliphatic carbocycles. The van der Waals surface area contributed by atoms with Crippen LogP contribution in [0.25, 0.3) is 0 Å². The Kier molecular flexibility index (Phi) is 4.44. The second-order valence-corrected chi connectivity index (χ2v) is 7.69. The molecule has 1 unspecified atom stereocenters. The van der Waals surface area contributed by atoms with Crippen molar-refractivity contribution in [2.45, 2.75) is 36.9 Å². The second-order valence-electron chi connectivity index (χ2n) is 4.70. The molecule has 0 radical (unpaired) electrons. The SMILES string of the molecule is CCN1CCCC1CNS(=O)(=O)c1sc(N)nc1C. The molecule has 19 heavy (non-hydrogen) atoms. The molecule has 1 atom stereocenters. The van der Waals surface area contributed by atoms with Gasteiger partial charge in [-0.15, -0.1) is 0 Å². The van der Waals surface area contributed by atoms with Gasteiger partial charge in [0, 0.05) is 12.6 Å². The average molecular weight is 304 g/mol. The van der Waals surface area contributed by atoms with Gasteiger partial charge in [0.05, 0.1) is 5.69 Å². The average Bonchev–Trinajstić information content (AvgIpc) is 2.93. The minimum absolute atomic E-state index is 0.228. The molecule has 6 nitrogen and oxygen atoms in total. The molecule has 1 aromatic heterocycles. The third kappa shape index (κ3) is 3.25. The van der Waals surface area contributed by atoms with Crippen LogP contribution in [0.1, 0.15) is 25.5 Å². The number of thiazole rings is 1. The molecule has 1 aliphatic heterocycles. The van der Waals surface area contributed by atoms with Crippen LogP contribution >= 0.6 is 11.3 Å². The summed E-state index contributed by atoms with van der Waals surface area (Å²) in [5.74, 6) is 0. The van der Waals surface area contributed by atoms with Crippen LogP contribution in [-0.2, 0) is 10.0 Å². The third-order valence-electron chi connectivity index (χ3n) is 3.43. The van der Waals surface area contributed by atoms with Gasteiger partial charge in [0.25, 0.3) is 10.0 Å². The summed E-state index contributed by atoms with van der Waals surface area (Å²) < 4.78 is 27.3. The highest BCUT2D eigenvalue weighted by Gasteiger charge is 2.26. The summed E-state index contributed by atoms with van der Waals surface area (Å²) in [6, 6.07) is 0.297. The number of aryl methyl sites for hydroxylation is 1. The van der Waals surface area contributed by atoms with Crippen molar-refractivity contribution < 1.29 is 8.42 Å². The lowest BCUT2D eigenvalue weighted by Gasteiger charge is -2.22. The predicted molar refractivity (Wildman–Crippen MR) is 76.7 cm³/mol. The fourth-order valence-electron chi connectivity index (χ4n) is 2.47. The Morgan fingerprint density at radius 1 is 1.58 bits per heavy atom. The monoisotopic (exact) mass is 304 g/mol. The third-order valence-corrected chi connectivity index (χ3v) is 6.45. The van der Waals surface area contributed by atoms with Crippen molar-refractivity contribution in [2.24, 2.45) is 0 Å². The molecule has 0 aromatic carbocycles. The minimum atomic E-state index is -3.49. The Morgan fingerprint density at radius 2 is 2.32 bits per heavy atom. The molecule has 1 aromatic rings. The van der Waals surface area contributed by atoms with Gasteiger partial charge in [0.1, 0.15) is 0 Å². The quantitative estimate of drug-likeness (QED) is 0.840. The van der Waals surface area contributed by atoms with Crippen LogP contribution in [-0.4, -0.2) is 44.0 Å². The Bertz CT molecular complexity index is 541. The zero-order chi connectivity index (χ0) is 14.0. The van der Waals surface area contributed by atoms with Crippen LogP contribution < -0.4 is 10.5 Å². The van der Waals surface area contributed by atoms with Gasteiger partial charge >= 0.3 is 0 Å². The Morgan fingerprint density at radius 3 is 2.89 bits per heavy atom. The van der Waals surface area contributed by atoms with Crippen LogP contribution in [0.15, 0.2) is 4.21 Å². The highest BCUT2D eigenvalue weighted by molar-refractivity contribution is 7.91. The summed E-state index contributed by atoms with van der Waals surface area (Å²) in [6.07, 6.45) is 2.17. The Balaban J connectivity index is 2.04. The smallest absolute Gasteiger partial charge is 0.252 e. The van der Waals surface area contributed by atoms with Crippen LogP contribution in [0, 0.1) is 6.92 Å². The molecule has 108 valence electrons. The van der Waals surface area contributed by atoms with Gasteiger partial charge in [-0.1, -0.05) is 18.3 Å². The van der Waals surface area contributed by atoms with E-state index in [9.17, 15) is 8.42 Å². The highest BCUT2D eigenvalue weighted by Crippen LogP contribution is 2.25. The summed E-state index contributed by atoms with van der Waals surface area (Å²) >= 11 is 1.01. The fourth-order valence-corrected chi connectivity index (χ4v) is 4.88. The number of nitrogens with zero attached hydrogens (tertiary/aromatic N) is 2. The van der Waals surface area contributed by atoms with Gasteiger partial charge in [-0.2, -0.15) is 0 Å². The molecular formula is C11H20N4O2S2. The molecule has 1 aliphatic rings. The number of sulfonamides is 1. The van der Waals surface area contributed by atoms with Gasteiger partial charge < -0.3 is 5.73 Å².